The second-order valence-corrected chi connectivity index (χ2v) is 7.62. The van der Waals surface area contributed by atoms with Gasteiger partial charge in [-0.3, -0.25) is 14.5 Å². The van der Waals surface area contributed by atoms with Crippen LogP contribution in [0, 0.1) is 0 Å². The van der Waals surface area contributed by atoms with Crippen LogP contribution in [0.3, 0.4) is 0 Å². The fourth-order valence-corrected chi connectivity index (χ4v) is 4.26. The molecule has 0 unspecified atom stereocenters. The van der Waals surface area contributed by atoms with E-state index in [1.54, 1.807) is 29.5 Å². The van der Waals surface area contributed by atoms with Gasteiger partial charge in [-0.25, -0.2) is 0 Å². The Kier molecular flexibility index (Phi) is 5.78. The highest BCUT2D eigenvalue weighted by molar-refractivity contribution is 7.08. The highest BCUT2D eigenvalue weighted by Crippen LogP contribution is 2.32. The van der Waals surface area contributed by atoms with Gasteiger partial charge in [-0.05, 0) is 60.5 Å². The normalized spacial score (nSPS) is 17.1. The zero-order valence-electron chi connectivity index (χ0n) is 15.5. The number of carbonyl (C=O) groups excluding carboxylic acids is 2. The summed E-state index contributed by atoms with van der Waals surface area (Å²) in [6.07, 6.45) is 2.33. The number of nitrogens with zero attached hydrogens (tertiary/aromatic N) is 1. The monoisotopic (exact) mass is 401 g/mol. The third-order valence-electron chi connectivity index (χ3n) is 4.97. The summed E-state index contributed by atoms with van der Waals surface area (Å²) in [5.74, 6) is -0.134. The van der Waals surface area contributed by atoms with Crippen LogP contribution in [-0.4, -0.2) is 49.6 Å². The number of fused-ring (bicyclic) bond motifs is 1. The highest BCUT2D eigenvalue weighted by Gasteiger charge is 2.25. The Labute approximate surface area is 167 Å². The molecule has 2 aromatic rings. The molecule has 3 heterocycles. The van der Waals surface area contributed by atoms with E-state index in [-0.39, 0.29) is 6.04 Å². The summed E-state index contributed by atoms with van der Waals surface area (Å²) in [6, 6.07) is 7.26. The van der Waals surface area contributed by atoms with Crippen LogP contribution < -0.4 is 20.1 Å². The number of benzene rings is 1. The summed E-state index contributed by atoms with van der Waals surface area (Å²) in [5.41, 5.74) is 1.68. The fourth-order valence-electron chi connectivity index (χ4n) is 3.55. The number of likely N-dealkylation sites (tertiary alicyclic amines) is 1. The Morgan fingerprint density at radius 3 is 2.61 bits per heavy atom. The largest absolute Gasteiger partial charge is 0.486 e. The number of nitrogens with one attached hydrogen (secondary N) is 2. The van der Waals surface area contributed by atoms with Crippen LogP contribution in [0.25, 0.3) is 0 Å². The molecule has 1 aromatic heterocycles. The zero-order chi connectivity index (χ0) is 19.3. The SMILES string of the molecule is O=C(NC[C@H](c1ccsc1)N1CCCC1)C(=O)Nc1ccc2c(c1)OCCO2. The lowest BCUT2D eigenvalue weighted by Gasteiger charge is -2.27. The third kappa shape index (κ3) is 4.28. The van der Waals surface area contributed by atoms with Crippen molar-refractivity contribution in [2.75, 3.05) is 38.2 Å². The average molecular weight is 401 g/mol. The maximum absolute atomic E-state index is 12.3. The summed E-state index contributed by atoms with van der Waals surface area (Å²) in [6.45, 7) is 3.40. The van der Waals surface area contributed by atoms with Gasteiger partial charge in [-0.2, -0.15) is 11.3 Å². The van der Waals surface area contributed by atoms with Gasteiger partial charge in [0.15, 0.2) is 11.5 Å². The predicted octanol–water partition coefficient (Wildman–Crippen LogP) is 2.41. The Morgan fingerprint density at radius 1 is 1.07 bits per heavy atom. The topological polar surface area (TPSA) is 79.9 Å². The molecule has 148 valence electrons. The van der Waals surface area contributed by atoms with E-state index in [1.807, 2.05) is 5.38 Å². The first-order chi connectivity index (χ1) is 13.7. The minimum absolute atomic E-state index is 0.0970. The average Bonchev–Trinajstić information content (AvgIpc) is 3.42. The maximum atomic E-state index is 12.3. The second kappa shape index (κ2) is 8.62. The van der Waals surface area contributed by atoms with Gasteiger partial charge < -0.3 is 20.1 Å². The number of hydrogen-bond acceptors (Lipinski definition) is 6. The molecular formula is C20H23N3O4S. The lowest BCUT2D eigenvalue weighted by Crippen LogP contribution is -2.41. The summed E-state index contributed by atoms with van der Waals surface area (Å²) < 4.78 is 11.0. The van der Waals surface area contributed by atoms with E-state index in [4.69, 9.17) is 9.47 Å². The maximum Gasteiger partial charge on any atom is 0.313 e. The first kappa shape index (κ1) is 18.8. The molecule has 2 N–H and O–H groups in total. The van der Waals surface area contributed by atoms with Crippen molar-refractivity contribution in [2.45, 2.75) is 18.9 Å². The van der Waals surface area contributed by atoms with Crippen LogP contribution in [0.2, 0.25) is 0 Å². The van der Waals surface area contributed by atoms with Crippen LogP contribution in [0.5, 0.6) is 11.5 Å². The van der Waals surface area contributed by atoms with E-state index < -0.39 is 11.8 Å². The second-order valence-electron chi connectivity index (χ2n) is 6.84. The van der Waals surface area contributed by atoms with Crippen LogP contribution in [-0.2, 0) is 9.59 Å². The molecule has 0 radical (unpaired) electrons. The van der Waals surface area contributed by atoms with E-state index in [2.05, 4.69) is 27.0 Å². The molecule has 1 fully saturated rings. The fraction of sp³-hybridized carbons (Fsp3) is 0.400. The molecule has 28 heavy (non-hydrogen) atoms. The van der Waals surface area contributed by atoms with Gasteiger partial charge in [0.2, 0.25) is 0 Å². The van der Waals surface area contributed by atoms with Crippen molar-refractivity contribution in [3.8, 4) is 11.5 Å². The number of hydrogen-bond donors (Lipinski definition) is 2. The van der Waals surface area contributed by atoms with Gasteiger partial charge in [0, 0.05) is 18.3 Å². The molecule has 0 saturated carbocycles. The van der Waals surface area contributed by atoms with E-state index >= 15 is 0 Å². The number of amides is 2. The van der Waals surface area contributed by atoms with Gasteiger partial charge in [0.1, 0.15) is 13.2 Å². The molecule has 1 aromatic carbocycles. The van der Waals surface area contributed by atoms with E-state index in [1.165, 1.54) is 18.4 Å². The Balaban J connectivity index is 1.35. The number of carbonyl (C=O) groups is 2. The molecule has 1 atom stereocenters. The summed E-state index contributed by atoms with van der Waals surface area (Å²) >= 11 is 1.64. The molecule has 8 heteroatoms. The number of rotatable bonds is 5. The van der Waals surface area contributed by atoms with Crippen LogP contribution in [0.15, 0.2) is 35.0 Å². The first-order valence-electron chi connectivity index (χ1n) is 9.46. The molecule has 7 nitrogen and oxygen atoms in total. The zero-order valence-corrected chi connectivity index (χ0v) is 16.3. The van der Waals surface area contributed by atoms with Crippen molar-refractivity contribution in [2.24, 2.45) is 0 Å². The van der Waals surface area contributed by atoms with Gasteiger partial charge >= 0.3 is 11.8 Å². The molecule has 4 rings (SSSR count). The number of thiophene rings is 1. The van der Waals surface area contributed by atoms with Gasteiger partial charge in [0.05, 0.1) is 6.04 Å². The quantitative estimate of drug-likeness (QED) is 0.752. The molecule has 2 aliphatic heterocycles. The summed E-state index contributed by atoms with van der Waals surface area (Å²) in [7, 11) is 0. The van der Waals surface area contributed by atoms with Crippen LogP contribution in [0.1, 0.15) is 24.4 Å². The van der Waals surface area contributed by atoms with Crippen LogP contribution in [0.4, 0.5) is 5.69 Å². The molecule has 0 spiro atoms. The van der Waals surface area contributed by atoms with E-state index in [0.717, 1.165) is 13.1 Å². The molecular weight excluding hydrogens is 378 g/mol. The molecule has 0 bridgehead atoms. The minimum atomic E-state index is -0.692. The number of ether oxygens (including phenoxy) is 2. The minimum Gasteiger partial charge on any atom is -0.486 e. The molecule has 1 saturated heterocycles. The van der Waals surface area contributed by atoms with Gasteiger partial charge in [-0.15, -0.1) is 0 Å². The molecule has 2 aliphatic rings. The highest BCUT2D eigenvalue weighted by atomic mass is 32.1. The molecule has 2 amide bonds. The van der Waals surface area contributed by atoms with Crippen molar-refractivity contribution in [1.82, 2.24) is 10.2 Å². The summed E-state index contributed by atoms with van der Waals surface area (Å²) in [4.78, 5) is 27.0. The lowest BCUT2D eigenvalue weighted by molar-refractivity contribution is -0.136. The number of anilines is 1. The molecule has 0 aliphatic carbocycles. The van der Waals surface area contributed by atoms with E-state index in [9.17, 15) is 9.59 Å². The smallest absolute Gasteiger partial charge is 0.313 e. The Morgan fingerprint density at radius 2 is 1.86 bits per heavy atom. The first-order valence-corrected chi connectivity index (χ1v) is 10.4. The van der Waals surface area contributed by atoms with Crippen molar-refractivity contribution < 1.29 is 19.1 Å². The Hall–Kier alpha value is -2.58. The predicted molar refractivity (Wildman–Crippen MR) is 107 cm³/mol. The third-order valence-corrected chi connectivity index (χ3v) is 5.67. The van der Waals surface area contributed by atoms with Gasteiger partial charge in [0.25, 0.3) is 0 Å². The van der Waals surface area contributed by atoms with Crippen molar-refractivity contribution in [3.63, 3.8) is 0 Å². The summed E-state index contributed by atoms with van der Waals surface area (Å²) in [5, 5.41) is 9.55. The van der Waals surface area contributed by atoms with Crippen LogP contribution >= 0.6 is 11.3 Å². The van der Waals surface area contributed by atoms with Crippen molar-refractivity contribution in [1.29, 1.82) is 0 Å². The van der Waals surface area contributed by atoms with E-state index in [0.29, 0.717) is 36.9 Å². The van der Waals surface area contributed by atoms with Gasteiger partial charge in [-0.1, -0.05) is 0 Å². The standard InChI is InChI=1S/C20H23N3O4S/c24-19(20(25)22-15-3-4-17-18(11-15)27-9-8-26-17)21-12-16(14-5-10-28-13-14)23-6-1-2-7-23/h3-5,10-11,13,16H,1-2,6-9,12H2,(H,21,24)(H,22,25)/t16-/m1/s1. The van der Waals surface area contributed by atoms with Crippen molar-refractivity contribution in [3.05, 3.63) is 40.6 Å². The lowest BCUT2D eigenvalue weighted by atomic mass is 10.1. The Bertz CT molecular complexity index is 834. The van der Waals surface area contributed by atoms with Crippen molar-refractivity contribution >= 4 is 28.8 Å².